The van der Waals surface area contributed by atoms with Crippen LogP contribution in [-0.2, 0) is 12.8 Å². The highest BCUT2D eigenvalue weighted by molar-refractivity contribution is 5.99. The molecule has 0 atom stereocenters. The first-order chi connectivity index (χ1) is 12.1. The van der Waals surface area contributed by atoms with E-state index in [0.717, 1.165) is 23.3 Å². The van der Waals surface area contributed by atoms with Crippen molar-refractivity contribution in [3.8, 4) is 5.75 Å². The third-order valence-electron chi connectivity index (χ3n) is 4.10. The lowest BCUT2D eigenvalue weighted by molar-refractivity contribution is 0.0951. The normalized spacial score (nSPS) is 11.2. The summed E-state index contributed by atoms with van der Waals surface area (Å²) in [6.07, 6.45) is 3.33. The van der Waals surface area contributed by atoms with Crippen molar-refractivity contribution in [3.63, 3.8) is 0 Å². The van der Waals surface area contributed by atoms with Gasteiger partial charge in [0.05, 0.1) is 5.52 Å². The minimum Gasteiger partial charge on any atom is -0.508 e. The molecular formula is C20H23N3O2. The largest absolute Gasteiger partial charge is 0.508 e. The van der Waals surface area contributed by atoms with Crippen molar-refractivity contribution in [1.29, 1.82) is 0 Å². The van der Waals surface area contributed by atoms with Gasteiger partial charge in [-0.2, -0.15) is 0 Å². The lowest BCUT2D eigenvalue weighted by atomic mass is 10.1. The molecule has 1 amide bonds. The van der Waals surface area contributed by atoms with Gasteiger partial charge >= 0.3 is 0 Å². The SMILES string of the molecule is CC(C)Cc1nc(C(=O)NCCc2ccccc2O)c2ccccn12. The predicted molar refractivity (Wildman–Crippen MR) is 97.9 cm³/mol. The minimum atomic E-state index is -0.186. The van der Waals surface area contributed by atoms with Crippen LogP contribution >= 0.6 is 0 Å². The van der Waals surface area contributed by atoms with Crippen LogP contribution in [0.5, 0.6) is 5.75 Å². The third-order valence-corrected chi connectivity index (χ3v) is 4.10. The van der Waals surface area contributed by atoms with Crippen molar-refractivity contribution < 1.29 is 9.90 Å². The van der Waals surface area contributed by atoms with Crippen LogP contribution in [0.15, 0.2) is 48.7 Å². The Labute approximate surface area is 147 Å². The molecule has 5 heteroatoms. The molecule has 0 unspecified atom stereocenters. The summed E-state index contributed by atoms with van der Waals surface area (Å²) >= 11 is 0. The van der Waals surface area contributed by atoms with Gasteiger partial charge in [0.25, 0.3) is 5.91 Å². The van der Waals surface area contributed by atoms with Crippen molar-refractivity contribution in [2.75, 3.05) is 6.54 Å². The number of para-hydroxylation sites is 1. The first-order valence-electron chi connectivity index (χ1n) is 8.57. The minimum absolute atomic E-state index is 0.186. The van der Waals surface area contributed by atoms with E-state index in [1.807, 2.05) is 40.9 Å². The first-order valence-corrected chi connectivity index (χ1v) is 8.57. The average Bonchev–Trinajstić information content (AvgIpc) is 2.95. The summed E-state index contributed by atoms with van der Waals surface area (Å²) in [7, 11) is 0. The summed E-state index contributed by atoms with van der Waals surface area (Å²) in [6.45, 7) is 4.72. The summed E-state index contributed by atoms with van der Waals surface area (Å²) in [5.74, 6) is 1.43. The first kappa shape index (κ1) is 17.0. The van der Waals surface area contributed by atoms with Crippen LogP contribution in [0, 0.1) is 5.92 Å². The van der Waals surface area contributed by atoms with Crippen LogP contribution in [0.2, 0.25) is 0 Å². The Kier molecular flexibility index (Phi) is 5.03. The Morgan fingerprint density at radius 3 is 2.72 bits per heavy atom. The Morgan fingerprint density at radius 1 is 1.20 bits per heavy atom. The smallest absolute Gasteiger partial charge is 0.272 e. The molecule has 3 rings (SSSR count). The summed E-state index contributed by atoms with van der Waals surface area (Å²) in [5, 5.41) is 12.7. The van der Waals surface area contributed by atoms with Gasteiger partial charge in [0, 0.05) is 19.2 Å². The van der Waals surface area contributed by atoms with Gasteiger partial charge in [-0.3, -0.25) is 4.79 Å². The Bertz CT molecular complexity index is 884. The van der Waals surface area contributed by atoms with Gasteiger partial charge in [0.2, 0.25) is 0 Å². The fraction of sp³-hybridized carbons (Fsp3) is 0.300. The fourth-order valence-electron chi connectivity index (χ4n) is 2.89. The maximum Gasteiger partial charge on any atom is 0.272 e. The molecule has 1 aromatic carbocycles. The lowest BCUT2D eigenvalue weighted by Gasteiger charge is -2.05. The molecule has 0 aliphatic carbocycles. The molecule has 0 aliphatic rings. The zero-order valence-electron chi connectivity index (χ0n) is 14.6. The van der Waals surface area contributed by atoms with Crippen LogP contribution in [0.3, 0.4) is 0 Å². The standard InChI is InChI=1S/C20H23N3O2/c1-14(2)13-18-22-19(16-8-5-6-12-23(16)18)20(25)21-11-10-15-7-3-4-9-17(15)24/h3-9,12,14,24H,10-11,13H2,1-2H3,(H,21,25). The number of amides is 1. The molecule has 130 valence electrons. The van der Waals surface area contributed by atoms with E-state index in [9.17, 15) is 9.90 Å². The van der Waals surface area contributed by atoms with Crippen LogP contribution in [0.1, 0.15) is 35.7 Å². The highest BCUT2D eigenvalue weighted by Gasteiger charge is 2.17. The van der Waals surface area contributed by atoms with Crippen LogP contribution in [0.25, 0.3) is 5.52 Å². The average molecular weight is 337 g/mol. The number of aromatic hydroxyl groups is 1. The van der Waals surface area contributed by atoms with E-state index in [4.69, 9.17) is 0 Å². The quantitative estimate of drug-likeness (QED) is 0.726. The Balaban J connectivity index is 1.75. The number of carbonyl (C=O) groups excluding carboxylic acids is 1. The van der Waals surface area contributed by atoms with E-state index in [1.165, 1.54) is 0 Å². The number of hydrogen-bond donors (Lipinski definition) is 2. The maximum atomic E-state index is 12.6. The molecular weight excluding hydrogens is 314 g/mol. The number of imidazole rings is 1. The Morgan fingerprint density at radius 2 is 1.96 bits per heavy atom. The van der Waals surface area contributed by atoms with Gasteiger partial charge < -0.3 is 14.8 Å². The molecule has 25 heavy (non-hydrogen) atoms. The van der Waals surface area contributed by atoms with Gasteiger partial charge in [-0.25, -0.2) is 4.98 Å². The van der Waals surface area contributed by atoms with Gasteiger partial charge in [0.15, 0.2) is 5.69 Å². The van der Waals surface area contributed by atoms with Crippen molar-refractivity contribution in [2.24, 2.45) is 5.92 Å². The monoisotopic (exact) mass is 337 g/mol. The molecule has 0 radical (unpaired) electrons. The number of nitrogens with one attached hydrogen (secondary N) is 1. The molecule has 0 saturated carbocycles. The van der Waals surface area contributed by atoms with Gasteiger partial charge in [0.1, 0.15) is 11.6 Å². The molecule has 0 bridgehead atoms. The number of rotatable bonds is 6. The van der Waals surface area contributed by atoms with Crippen LogP contribution in [-0.4, -0.2) is 26.9 Å². The van der Waals surface area contributed by atoms with Crippen molar-refractivity contribution in [2.45, 2.75) is 26.7 Å². The number of benzene rings is 1. The number of hydrogen-bond acceptors (Lipinski definition) is 3. The van der Waals surface area contributed by atoms with Gasteiger partial charge in [-0.15, -0.1) is 0 Å². The van der Waals surface area contributed by atoms with Crippen molar-refractivity contribution in [1.82, 2.24) is 14.7 Å². The molecule has 2 heterocycles. The van der Waals surface area contributed by atoms with Crippen LogP contribution in [0.4, 0.5) is 0 Å². The molecule has 0 aliphatic heterocycles. The maximum absolute atomic E-state index is 12.6. The summed E-state index contributed by atoms with van der Waals surface area (Å²) < 4.78 is 1.98. The van der Waals surface area contributed by atoms with E-state index >= 15 is 0 Å². The van der Waals surface area contributed by atoms with E-state index < -0.39 is 0 Å². The Hall–Kier alpha value is -2.82. The van der Waals surface area contributed by atoms with Crippen LogP contribution < -0.4 is 5.32 Å². The van der Waals surface area contributed by atoms with Gasteiger partial charge in [-0.1, -0.05) is 38.1 Å². The molecule has 2 aromatic heterocycles. The van der Waals surface area contributed by atoms with E-state index in [2.05, 4.69) is 24.1 Å². The molecule has 5 nitrogen and oxygen atoms in total. The molecule has 0 saturated heterocycles. The fourth-order valence-corrected chi connectivity index (χ4v) is 2.89. The molecule has 0 spiro atoms. The van der Waals surface area contributed by atoms with Crippen molar-refractivity contribution >= 4 is 11.4 Å². The van der Waals surface area contributed by atoms with Crippen molar-refractivity contribution in [3.05, 3.63) is 65.7 Å². The molecule has 3 aromatic rings. The number of phenolic OH excluding ortho intramolecular Hbond substituents is 1. The number of nitrogens with zero attached hydrogens (tertiary/aromatic N) is 2. The number of phenols is 1. The zero-order chi connectivity index (χ0) is 17.8. The second-order valence-corrected chi connectivity index (χ2v) is 6.57. The van der Waals surface area contributed by atoms with E-state index in [1.54, 1.807) is 12.1 Å². The third kappa shape index (κ3) is 3.82. The van der Waals surface area contributed by atoms with E-state index in [-0.39, 0.29) is 11.7 Å². The second-order valence-electron chi connectivity index (χ2n) is 6.57. The van der Waals surface area contributed by atoms with Gasteiger partial charge in [-0.05, 0) is 36.1 Å². The number of pyridine rings is 1. The topological polar surface area (TPSA) is 66.6 Å². The lowest BCUT2D eigenvalue weighted by Crippen LogP contribution is -2.26. The highest BCUT2D eigenvalue weighted by Crippen LogP contribution is 2.17. The summed E-state index contributed by atoms with van der Waals surface area (Å²) in [5.41, 5.74) is 2.09. The molecule has 0 fully saturated rings. The zero-order valence-corrected chi connectivity index (χ0v) is 14.6. The number of fused-ring (bicyclic) bond motifs is 1. The predicted octanol–water partition coefficient (Wildman–Crippen LogP) is 3.21. The highest BCUT2D eigenvalue weighted by atomic mass is 16.3. The molecule has 2 N–H and O–H groups in total. The number of carbonyl (C=O) groups is 1. The second kappa shape index (κ2) is 7.38. The number of aromatic nitrogens is 2. The summed E-state index contributed by atoms with van der Waals surface area (Å²) in [6, 6.07) is 12.9. The van der Waals surface area contributed by atoms with E-state index in [0.29, 0.717) is 24.6 Å². The summed E-state index contributed by atoms with van der Waals surface area (Å²) in [4.78, 5) is 17.2.